The molecule has 24 heavy (non-hydrogen) atoms. The molecule has 0 N–H and O–H groups in total. The molecular formula is C22H34O2. The van der Waals surface area contributed by atoms with Crippen LogP contribution in [0, 0.1) is 0 Å². The molecule has 0 rings (SSSR count). The fourth-order valence-electron chi connectivity index (χ4n) is 2.00. The highest BCUT2D eigenvalue weighted by Gasteiger charge is 1.92. The minimum Gasteiger partial charge on any atom is -0.469 e. The molecule has 0 unspecified atom stereocenters. The average Bonchev–Trinajstić information content (AvgIpc) is 2.60. The molecule has 0 amide bonds. The normalized spacial score (nSPS) is 12.6. The number of carbonyl (C=O) groups excluding carboxylic acids is 1. The SMILES string of the molecule is CC/C=C\CCCC/C=C\C/C=C\C/C=C\C/C=C\CC(=O)OC. The Kier molecular flexibility index (Phi) is 17.8. The lowest BCUT2D eigenvalue weighted by Gasteiger charge is -1.92. The standard InChI is InChI=1S/C22H34O2/c1-3-4-5-6-7-8-9-10-11-12-13-14-15-16-17-18-19-20-21-22(23)24-2/h4-5,10-11,13-14,16-17,19-20H,3,6-9,12,15,18,21H2,1-2H3/b5-4-,11-10-,14-13-,17-16-,20-19-. The predicted molar refractivity (Wildman–Crippen MR) is 105 cm³/mol. The second-order valence-electron chi connectivity index (χ2n) is 5.54. The van der Waals surface area contributed by atoms with Gasteiger partial charge in [-0.05, 0) is 51.4 Å². The van der Waals surface area contributed by atoms with Crippen molar-refractivity contribution in [3.8, 4) is 0 Å². The van der Waals surface area contributed by atoms with E-state index in [0.29, 0.717) is 6.42 Å². The van der Waals surface area contributed by atoms with Crippen LogP contribution >= 0.6 is 0 Å². The van der Waals surface area contributed by atoms with E-state index in [1.807, 2.05) is 12.2 Å². The van der Waals surface area contributed by atoms with Crippen LogP contribution < -0.4 is 0 Å². The van der Waals surface area contributed by atoms with Crippen molar-refractivity contribution in [1.82, 2.24) is 0 Å². The zero-order valence-corrected chi connectivity index (χ0v) is 15.5. The van der Waals surface area contributed by atoms with Crippen molar-refractivity contribution in [3.05, 3.63) is 60.8 Å². The number of ether oxygens (including phenoxy) is 1. The van der Waals surface area contributed by atoms with Gasteiger partial charge >= 0.3 is 5.97 Å². The third kappa shape index (κ3) is 18.2. The molecule has 0 aromatic rings. The number of unbranched alkanes of at least 4 members (excludes halogenated alkanes) is 3. The van der Waals surface area contributed by atoms with Crippen LogP contribution in [-0.4, -0.2) is 13.1 Å². The van der Waals surface area contributed by atoms with Crippen LogP contribution in [0.25, 0.3) is 0 Å². The first-order valence-electron chi connectivity index (χ1n) is 9.13. The number of methoxy groups -OCH3 is 1. The van der Waals surface area contributed by atoms with Gasteiger partial charge in [0.25, 0.3) is 0 Å². The second-order valence-corrected chi connectivity index (χ2v) is 5.54. The van der Waals surface area contributed by atoms with Gasteiger partial charge in [0.1, 0.15) is 0 Å². The summed E-state index contributed by atoms with van der Waals surface area (Å²) in [5.41, 5.74) is 0. The molecule has 0 bridgehead atoms. The van der Waals surface area contributed by atoms with Crippen molar-refractivity contribution >= 4 is 5.97 Å². The van der Waals surface area contributed by atoms with E-state index in [-0.39, 0.29) is 5.97 Å². The first-order chi connectivity index (χ1) is 11.8. The van der Waals surface area contributed by atoms with Gasteiger partial charge < -0.3 is 4.74 Å². The maximum absolute atomic E-state index is 10.9. The van der Waals surface area contributed by atoms with E-state index in [4.69, 9.17) is 0 Å². The van der Waals surface area contributed by atoms with Crippen LogP contribution in [0.4, 0.5) is 0 Å². The maximum Gasteiger partial charge on any atom is 0.309 e. The van der Waals surface area contributed by atoms with Crippen LogP contribution in [0.5, 0.6) is 0 Å². The lowest BCUT2D eigenvalue weighted by molar-refractivity contribution is -0.139. The highest BCUT2D eigenvalue weighted by molar-refractivity contribution is 5.70. The molecule has 0 saturated carbocycles. The van der Waals surface area contributed by atoms with Crippen LogP contribution in [0.3, 0.4) is 0 Å². The first-order valence-corrected chi connectivity index (χ1v) is 9.13. The van der Waals surface area contributed by atoms with E-state index in [0.717, 1.165) is 25.7 Å². The fraction of sp³-hybridized carbons (Fsp3) is 0.500. The summed E-state index contributed by atoms with van der Waals surface area (Å²) in [6, 6.07) is 0. The van der Waals surface area contributed by atoms with E-state index in [1.165, 1.54) is 32.8 Å². The Morgan fingerprint density at radius 2 is 1.17 bits per heavy atom. The Morgan fingerprint density at radius 1 is 0.708 bits per heavy atom. The Bertz CT molecular complexity index is 425. The Balaban J connectivity index is 3.45. The summed E-state index contributed by atoms with van der Waals surface area (Å²) < 4.78 is 4.56. The highest BCUT2D eigenvalue weighted by Crippen LogP contribution is 2.03. The zero-order chi connectivity index (χ0) is 17.7. The molecular weight excluding hydrogens is 296 g/mol. The predicted octanol–water partition coefficient (Wildman–Crippen LogP) is 6.47. The van der Waals surface area contributed by atoms with Gasteiger partial charge in [-0.25, -0.2) is 0 Å². The Morgan fingerprint density at radius 3 is 1.67 bits per heavy atom. The minimum absolute atomic E-state index is 0.195. The van der Waals surface area contributed by atoms with Crippen LogP contribution in [0.2, 0.25) is 0 Å². The summed E-state index contributed by atoms with van der Waals surface area (Å²) in [5, 5.41) is 0. The van der Waals surface area contributed by atoms with Gasteiger partial charge in [-0.2, -0.15) is 0 Å². The molecule has 0 aliphatic carbocycles. The summed E-state index contributed by atoms with van der Waals surface area (Å²) in [5.74, 6) is -0.195. The summed E-state index contributed by atoms with van der Waals surface area (Å²) in [6.07, 6.45) is 30.8. The average molecular weight is 331 g/mol. The van der Waals surface area contributed by atoms with E-state index in [9.17, 15) is 4.79 Å². The molecule has 0 saturated heterocycles. The number of hydrogen-bond acceptors (Lipinski definition) is 2. The zero-order valence-electron chi connectivity index (χ0n) is 15.5. The largest absolute Gasteiger partial charge is 0.469 e. The van der Waals surface area contributed by atoms with Crippen LogP contribution in [-0.2, 0) is 9.53 Å². The summed E-state index contributed by atoms with van der Waals surface area (Å²) in [7, 11) is 1.41. The van der Waals surface area contributed by atoms with Crippen molar-refractivity contribution in [3.63, 3.8) is 0 Å². The molecule has 0 radical (unpaired) electrons. The third-order valence-corrected chi connectivity index (χ3v) is 3.39. The van der Waals surface area contributed by atoms with Gasteiger partial charge in [-0.1, -0.05) is 67.7 Å². The smallest absolute Gasteiger partial charge is 0.309 e. The Hall–Kier alpha value is -1.83. The van der Waals surface area contributed by atoms with Crippen molar-refractivity contribution in [2.24, 2.45) is 0 Å². The number of hydrogen-bond donors (Lipinski definition) is 0. The number of rotatable bonds is 14. The van der Waals surface area contributed by atoms with Gasteiger partial charge in [0, 0.05) is 0 Å². The highest BCUT2D eigenvalue weighted by atomic mass is 16.5. The summed E-state index contributed by atoms with van der Waals surface area (Å²) >= 11 is 0. The van der Waals surface area contributed by atoms with Crippen LogP contribution in [0.15, 0.2) is 60.8 Å². The van der Waals surface area contributed by atoms with Gasteiger partial charge in [-0.15, -0.1) is 0 Å². The maximum atomic E-state index is 10.9. The van der Waals surface area contributed by atoms with E-state index in [2.05, 4.69) is 60.3 Å². The first kappa shape index (κ1) is 22.2. The van der Waals surface area contributed by atoms with Gasteiger partial charge in [-0.3, -0.25) is 4.79 Å². The lowest BCUT2D eigenvalue weighted by atomic mass is 10.1. The molecule has 0 aliphatic heterocycles. The minimum atomic E-state index is -0.195. The molecule has 0 atom stereocenters. The molecule has 0 aromatic heterocycles. The molecule has 0 aliphatic rings. The number of carbonyl (C=O) groups is 1. The molecule has 134 valence electrons. The van der Waals surface area contributed by atoms with E-state index >= 15 is 0 Å². The molecule has 2 heteroatoms. The van der Waals surface area contributed by atoms with Gasteiger partial charge in [0.15, 0.2) is 0 Å². The fourth-order valence-corrected chi connectivity index (χ4v) is 2.00. The Labute approximate surface area is 148 Å². The second kappa shape index (κ2) is 19.2. The van der Waals surface area contributed by atoms with E-state index in [1.54, 1.807) is 0 Å². The topological polar surface area (TPSA) is 26.3 Å². The molecule has 2 nitrogen and oxygen atoms in total. The third-order valence-electron chi connectivity index (χ3n) is 3.39. The van der Waals surface area contributed by atoms with Crippen molar-refractivity contribution in [2.45, 2.75) is 64.7 Å². The van der Waals surface area contributed by atoms with Crippen LogP contribution in [0.1, 0.15) is 64.7 Å². The molecule has 0 fully saturated rings. The number of esters is 1. The molecule has 0 spiro atoms. The quantitative estimate of drug-likeness (QED) is 0.207. The molecule has 0 aromatic carbocycles. The number of allylic oxidation sites excluding steroid dienone is 9. The van der Waals surface area contributed by atoms with Crippen molar-refractivity contribution in [2.75, 3.05) is 7.11 Å². The molecule has 0 heterocycles. The summed E-state index contributed by atoms with van der Waals surface area (Å²) in [4.78, 5) is 10.9. The van der Waals surface area contributed by atoms with Crippen molar-refractivity contribution < 1.29 is 9.53 Å². The monoisotopic (exact) mass is 330 g/mol. The summed E-state index contributed by atoms with van der Waals surface area (Å²) in [6.45, 7) is 2.17. The van der Waals surface area contributed by atoms with Crippen molar-refractivity contribution in [1.29, 1.82) is 0 Å². The van der Waals surface area contributed by atoms with Gasteiger partial charge in [0.05, 0.1) is 13.5 Å². The lowest BCUT2D eigenvalue weighted by Crippen LogP contribution is -1.96. The van der Waals surface area contributed by atoms with E-state index < -0.39 is 0 Å². The van der Waals surface area contributed by atoms with Gasteiger partial charge in [0.2, 0.25) is 0 Å².